The molecule has 6 heteroatoms. The normalized spacial score (nSPS) is 8.27. The third kappa shape index (κ3) is 11.1. The summed E-state index contributed by atoms with van der Waals surface area (Å²) >= 11 is 9.79. The Labute approximate surface area is 145 Å². The second kappa shape index (κ2) is 12.9. The van der Waals surface area contributed by atoms with E-state index in [9.17, 15) is 0 Å². The third-order valence-electron chi connectivity index (χ3n) is 1.45. The fourth-order valence-corrected chi connectivity index (χ4v) is 1.15. The molecule has 15 heavy (non-hydrogen) atoms. The molecule has 0 fully saturated rings. The van der Waals surface area contributed by atoms with Gasteiger partial charge in [0.1, 0.15) is 13.2 Å². The van der Waals surface area contributed by atoms with Gasteiger partial charge in [-0.15, -0.1) is 0 Å². The number of thiocarbonyl (C=S) groups is 1. The van der Waals surface area contributed by atoms with E-state index in [0.717, 1.165) is 0 Å². The second-order valence-corrected chi connectivity index (χ2v) is 3.36. The minimum atomic E-state index is 0. The van der Waals surface area contributed by atoms with Gasteiger partial charge in [-0.3, -0.25) is 0 Å². The van der Waals surface area contributed by atoms with E-state index in [2.05, 4.69) is 13.2 Å². The van der Waals surface area contributed by atoms with E-state index in [1.807, 2.05) is 4.90 Å². The van der Waals surface area contributed by atoms with Crippen molar-refractivity contribution < 1.29 is 60.9 Å². The van der Waals surface area contributed by atoms with Crippen LogP contribution < -0.4 is 51.4 Å². The third-order valence-corrected chi connectivity index (χ3v) is 1.97. The van der Waals surface area contributed by atoms with Crippen molar-refractivity contribution in [1.29, 1.82) is 0 Å². The minimum Gasteiger partial charge on any atom is -0.500 e. The Morgan fingerprint density at radius 3 is 1.87 bits per heavy atom. The summed E-state index contributed by atoms with van der Waals surface area (Å²) in [6.07, 6.45) is 2.79. The van der Waals surface area contributed by atoms with Crippen molar-refractivity contribution in [2.45, 2.75) is 0 Å². The van der Waals surface area contributed by atoms with Crippen LogP contribution in [0.2, 0.25) is 0 Å². The van der Waals surface area contributed by atoms with E-state index in [1.54, 1.807) is 0 Å². The Hall–Kier alpha value is 0.826. The number of ether oxygens (including phenoxy) is 2. The average Bonchev–Trinajstić information content (AvgIpc) is 2.15. The Balaban J connectivity index is 0. The largest absolute Gasteiger partial charge is 1.00 e. The van der Waals surface area contributed by atoms with Gasteiger partial charge in [0, 0.05) is 0 Å². The van der Waals surface area contributed by atoms with Crippen molar-refractivity contribution in [2.75, 3.05) is 26.3 Å². The Morgan fingerprint density at radius 1 is 1.20 bits per heavy atom. The monoisotopic (exact) mass is 271 g/mol. The average molecular weight is 271 g/mol. The molecular weight excluding hydrogens is 257 g/mol. The summed E-state index contributed by atoms with van der Waals surface area (Å²) in [5, 5.41) is 0. The summed E-state index contributed by atoms with van der Waals surface area (Å²) in [7, 11) is 0. The summed E-state index contributed by atoms with van der Waals surface area (Å²) in [5.41, 5.74) is 0. The molecule has 0 atom stereocenters. The number of rotatable bonds is 8. The molecule has 80 valence electrons. The van der Waals surface area contributed by atoms with Crippen LogP contribution in [0.25, 0.3) is 0 Å². The summed E-state index contributed by atoms with van der Waals surface area (Å²) in [4.78, 5) is 1.83. The maximum Gasteiger partial charge on any atom is 1.00 e. The Morgan fingerprint density at radius 2 is 1.60 bits per heavy atom. The van der Waals surface area contributed by atoms with Crippen molar-refractivity contribution in [3.63, 3.8) is 0 Å². The summed E-state index contributed by atoms with van der Waals surface area (Å²) in [5.74, 6) is 0. The van der Waals surface area contributed by atoms with Crippen molar-refractivity contribution in [3.8, 4) is 0 Å². The van der Waals surface area contributed by atoms with Crippen LogP contribution in [0.15, 0.2) is 25.7 Å². The molecule has 3 nitrogen and oxygen atoms in total. The molecule has 0 rings (SSSR count). The van der Waals surface area contributed by atoms with Crippen LogP contribution in [-0.2, 0) is 22.1 Å². The van der Waals surface area contributed by atoms with Crippen molar-refractivity contribution in [1.82, 2.24) is 4.90 Å². The molecule has 0 bridgehead atoms. The van der Waals surface area contributed by atoms with Crippen LogP contribution in [0.3, 0.4) is 0 Å². The molecule has 0 spiro atoms. The topological polar surface area (TPSA) is 21.7 Å². The van der Waals surface area contributed by atoms with Gasteiger partial charge >= 0.3 is 51.4 Å². The molecule has 0 amide bonds. The molecular formula is C9H14KNO2S2. The molecule has 0 radical (unpaired) electrons. The van der Waals surface area contributed by atoms with Gasteiger partial charge in [-0.05, 0) is 0 Å². The zero-order valence-electron chi connectivity index (χ0n) is 8.98. The zero-order chi connectivity index (χ0) is 10.8. The molecule has 0 saturated carbocycles. The van der Waals surface area contributed by atoms with E-state index in [4.69, 9.17) is 34.3 Å². The standard InChI is InChI=1S/C9H15NO2S2.K/c1-3-11-7-5-10(9(13)14)6-8-12-4-2;/h3-4H,1-2,5-8H2,(H,13,14);/q;+1/p-1. The zero-order valence-corrected chi connectivity index (χ0v) is 13.7. The van der Waals surface area contributed by atoms with Crippen LogP contribution in [0, 0.1) is 0 Å². The van der Waals surface area contributed by atoms with Gasteiger partial charge in [0.05, 0.1) is 25.6 Å². The molecule has 0 aromatic heterocycles. The van der Waals surface area contributed by atoms with E-state index in [1.165, 1.54) is 12.5 Å². The molecule has 0 unspecified atom stereocenters. The summed E-state index contributed by atoms with van der Waals surface area (Å²) < 4.78 is 10.4. The minimum absolute atomic E-state index is 0. The second-order valence-electron chi connectivity index (χ2n) is 2.33. The van der Waals surface area contributed by atoms with Crippen molar-refractivity contribution in [2.24, 2.45) is 0 Å². The van der Waals surface area contributed by atoms with Crippen LogP contribution >= 0.6 is 12.2 Å². The SMILES string of the molecule is C=COCCN(CCOC=C)C(=S)[S-].[K+]. The summed E-state index contributed by atoms with van der Waals surface area (Å²) in [6, 6.07) is 0. The van der Waals surface area contributed by atoms with Gasteiger partial charge in [0.25, 0.3) is 0 Å². The first-order chi connectivity index (χ1) is 6.72. The van der Waals surface area contributed by atoms with Gasteiger partial charge in [-0.1, -0.05) is 17.5 Å². The Kier molecular flexibility index (Phi) is 15.6. The maximum atomic E-state index is 4.98. The van der Waals surface area contributed by atoms with Crippen LogP contribution in [-0.4, -0.2) is 35.5 Å². The smallest absolute Gasteiger partial charge is 0.500 e. The molecule has 0 aromatic rings. The van der Waals surface area contributed by atoms with Crippen molar-refractivity contribution >= 4 is 29.2 Å². The van der Waals surface area contributed by atoms with E-state index >= 15 is 0 Å². The maximum absolute atomic E-state index is 4.98. The van der Waals surface area contributed by atoms with Gasteiger partial charge in [-0.25, -0.2) is 0 Å². The van der Waals surface area contributed by atoms with Crippen molar-refractivity contribution in [3.05, 3.63) is 25.7 Å². The first kappa shape index (κ1) is 18.2. The number of hydrogen-bond acceptors (Lipinski definition) is 4. The fourth-order valence-electron chi connectivity index (χ4n) is 0.787. The first-order valence-electron chi connectivity index (χ1n) is 4.13. The van der Waals surface area contributed by atoms with Gasteiger partial charge in [0.15, 0.2) is 0 Å². The number of hydrogen-bond donors (Lipinski definition) is 0. The Bertz CT molecular complexity index is 189. The molecule has 0 N–H and O–H groups in total. The number of nitrogens with zero attached hydrogens (tertiary/aromatic N) is 1. The van der Waals surface area contributed by atoms with E-state index < -0.39 is 0 Å². The fraction of sp³-hybridized carbons (Fsp3) is 0.444. The molecule has 0 aliphatic rings. The van der Waals surface area contributed by atoms with E-state index in [0.29, 0.717) is 30.6 Å². The molecule has 0 aromatic carbocycles. The van der Waals surface area contributed by atoms with Crippen LogP contribution in [0.4, 0.5) is 0 Å². The molecule has 0 heterocycles. The first-order valence-corrected chi connectivity index (χ1v) is 4.95. The van der Waals surface area contributed by atoms with Crippen LogP contribution in [0.5, 0.6) is 0 Å². The predicted molar refractivity (Wildman–Crippen MR) is 63.8 cm³/mol. The molecule has 0 aliphatic heterocycles. The van der Waals surface area contributed by atoms with E-state index in [-0.39, 0.29) is 51.4 Å². The molecule has 0 aliphatic carbocycles. The quantitative estimate of drug-likeness (QED) is 0.175. The van der Waals surface area contributed by atoms with Gasteiger partial charge < -0.3 is 39.2 Å². The van der Waals surface area contributed by atoms with Crippen LogP contribution in [0.1, 0.15) is 0 Å². The van der Waals surface area contributed by atoms with Gasteiger partial charge in [-0.2, -0.15) is 0 Å². The summed E-state index contributed by atoms with van der Waals surface area (Å²) in [6.45, 7) is 9.22. The van der Waals surface area contributed by atoms with Gasteiger partial charge in [0.2, 0.25) is 0 Å². The molecule has 0 saturated heterocycles. The predicted octanol–water partition coefficient (Wildman–Crippen LogP) is -1.56.